The van der Waals surface area contributed by atoms with Crippen molar-refractivity contribution >= 4 is 5.69 Å². The predicted octanol–water partition coefficient (Wildman–Crippen LogP) is 3.53. The second-order valence-corrected chi connectivity index (χ2v) is 4.96. The van der Waals surface area contributed by atoms with Crippen LogP contribution in [-0.2, 0) is 13.0 Å². The summed E-state index contributed by atoms with van der Waals surface area (Å²) in [5.74, 6) is 0. The summed E-state index contributed by atoms with van der Waals surface area (Å²) in [7, 11) is 0. The van der Waals surface area contributed by atoms with E-state index in [4.69, 9.17) is 5.26 Å². The molecule has 19 heavy (non-hydrogen) atoms. The van der Waals surface area contributed by atoms with E-state index in [1.807, 2.05) is 6.07 Å². The zero-order valence-corrected chi connectivity index (χ0v) is 10.8. The highest BCUT2D eigenvalue weighted by Crippen LogP contribution is 2.34. The fourth-order valence-electron chi connectivity index (χ4n) is 2.81. The van der Waals surface area contributed by atoms with Gasteiger partial charge in [-0.1, -0.05) is 48.5 Å². The number of hydrogen-bond donors (Lipinski definition) is 0. The topological polar surface area (TPSA) is 27.0 Å². The molecule has 1 aliphatic rings. The molecule has 0 fully saturated rings. The maximum absolute atomic E-state index is 9.01. The van der Waals surface area contributed by atoms with Gasteiger partial charge in [0.25, 0.3) is 0 Å². The summed E-state index contributed by atoms with van der Waals surface area (Å²) in [5.41, 5.74) is 3.94. The molecule has 0 saturated heterocycles. The van der Waals surface area contributed by atoms with Crippen LogP contribution in [0.1, 0.15) is 17.5 Å². The summed E-state index contributed by atoms with van der Waals surface area (Å²) in [6.07, 6.45) is 1.57. The lowest BCUT2D eigenvalue weighted by Gasteiger charge is -2.26. The molecule has 0 bridgehead atoms. The van der Waals surface area contributed by atoms with E-state index in [-0.39, 0.29) is 0 Å². The maximum Gasteiger partial charge on any atom is 0.0643 e. The number of benzene rings is 2. The number of fused-ring (bicyclic) bond motifs is 1. The molecule has 0 radical (unpaired) electrons. The standard InChI is InChI=1S/C17H16N2/c18-11-10-16-12-15-8-4-5-9-17(15)19(16)13-14-6-2-1-3-7-14/h1-9,16H,10,12-13H2. The Morgan fingerprint density at radius 3 is 2.58 bits per heavy atom. The van der Waals surface area contributed by atoms with Crippen molar-refractivity contribution in [3.8, 4) is 6.07 Å². The fraction of sp³-hybridized carbons (Fsp3) is 0.235. The first-order chi connectivity index (χ1) is 9.38. The first-order valence-electron chi connectivity index (χ1n) is 6.64. The van der Waals surface area contributed by atoms with Crippen molar-refractivity contribution < 1.29 is 0 Å². The molecule has 0 N–H and O–H groups in total. The van der Waals surface area contributed by atoms with Crippen LogP contribution in [0.2, 0.25) is 0 Å². The van der Waals surface area contributed by atoms with Gasteiger partial charge in [0.1, 0.15) is 0 Å². The molecular formula is C17H16N2. The van der Waals surface area contributed by atoms with E-state index in [1.54, 1.807) is 0 Å². The lowest BCUT2D eigenvalue weighted by molar-refractivity contribution is 0.632. The zero-order chi connectivity index (χ0) is 13.1. The second-order valence-electron chi connectivity index (χ2n) is 4.96. The van der Waals surface area contributed by atoms with Gasteiger partial charge in [-0.2, -0.15) is 5.26 Å². The molecule has 2 nitrogen and oxygen atoms in total. The molecule has 2 aromatic carbocycles. The second kappa shape index (κ2) is 5.16. The van der Waals surface area contributed by atoms with Gasteiger partial charge in [-0.15, -0.1) is 0 Å². The van der Waals surface area contributed by atoms with Crippen LogP contribution in [0.15, 0.2) is 54.6 Å². The fourth-order valence-corrected chi connectivity index (χ4v) is 2.81. The van der Waals surface area contributed by atoms with Crippen molar-refractivity contribution in [2.75, 3.05) is 4.90 Å². The normalized spacial score (nSPS) is 17.0. The highest BCUT2D eigenvalue weighted by atomic mass is 15.2. The van der Waals surface area contributed by atoms with Crippen LogP contribution in [0.5, 0.6) is 0 Å². The first kappa shape index (κ1) is 11.8. The maximum atomic E-state index is 9.01. The Balaban J connectivity index is 1.90. The molecule has 0 aromatic heterocycles. The third-order valence-corrected chi connectivity index (χ3v) is 3.72. The molecule has 0 saturated carbocycles. The quantitative estimate of drug-likeness (QED) is 0.830. The van der Waals surface area contributed by atoms with Gasteiger partial charge in [-0.05, 0) is 23.6 Å². The van der Waals surface area contributed by atoms with Gasteiger partial charge in [-0.25, -0.2) is 0 Å². The average molecular weight is 248 g/mol. The third kappa shape index (κ3) is 2.32. The van der Waals surface area contributed by atoms with Gasteiger partial charge < -0.3 is 4.90 Å². The molecule has 1 unspecified atom stereocenters. The van der Waals surface area contributed by atoms with Crippen LogP contribution >= 0.6 is 0 Å². The summed E-state index contributed by atoms with van der Waals surface area (Å²) in [6, 6.07) is 21.6. The Morgan fingerprint density at radius 1 is 1.05 bits per heavy atom. The molecule has 1 heterocycles. The average Bonchev–Trinajstić information content (AvgIpc) is 2.79. The van der Waals surface area contributed by atoms with Crippen molar-refractivity contribution in [1.82, 2.24) is 0 Å². The zero-order valence-electron chi connectivity index (χ0n) is 10.8. The van der Waals surface area contributed by atoms with Crippen molar-refractivity contribution in [2.45, 2.75) is 25.4 Å². The van der Waals surface area contributed by atoms with E-state index >= 15 is 0 Å². The van der Waals surface area contributed by atoms with E-state index in [0.717, 1.165) is 13.0 Å². The molecule has 0 aliphatic carbocycles. The van der Waals surface area contributed by atoms with E-state index in [1.165, 1.54) is 16.8 Å². The van der Waals surface area contributed by atoms with Gasteiger partial charge in [0.2, 0.25) is 0 Å². The van der Waals surface area contributed by atoms with Crippen LogP contribution in [0, 0.1) is 11.3 Å². The Hall–Kier alpha value is -2.27. The first-order valence-corrected chi connectivity index (χ1v) is 6.64. The van der Waals surface area contributed by atoms with Gasteiger partial charge in [-0.3, -0.25) is 0 Å². The number of nitrogens with zero attached hydrogens (tertiary/aromatic N) is 2. The van der Waals surface area contributed by atoms with Gasteiger partial charge in [0.15, 0.2) is 0 Å². The van der Waals surface area contributed by atoms with Gasteiger partial charge >= 0.3 is 0 Å². The molecule has 2 aromatic rings. The summed E-state index contributed by atoms with van der Waals surface area (Å²) < 4.78 is 0. The predicted molar refractivity (Wildman–Crippen MR) is 76.8 cm³/mol. The molecule has 1 atom stereocenters. The number of nitriles is 1. The molecule has 94 valence electrons. The highest BCUT2D eigenvalue weighted by molar-refractivity contribution is 5.59. The minimum absolute atomic E-state index is 0.308. The molecule has 0 amide bonds. The van der Waals surface area contributed by atoms with Crippen molar-refractivity contribution in [3.63, 3.8) is 0 Å². The molecule has 3 rings (SSSR count). The smallest absolute Gasteiger partial charge is 0.0643 e. The van der Waals surface area contributed by atoms with Crippen molar-refractivity contribution in [1.29, 1.82) is 5.26 Å². The number of hydrogen-bond acceptors (Lipinski definition) is 2. The van der Waals surface area contributed by atoms with E-state index in [9.17, 15) is 0 Å². The Bertz CT molecular complexity index is 598. The molecule has 1 aliphatic heterocycles. The molecular weight excluding hydrogens is 232 g/mol. The van der Waals surface area contributed by atoms with E-state index < -0.39 is 0 Å². The lowest BCUT2D eigenvalue weighted by atomic mass is 10.1. The third-order valence-electron chi connectivity index (χ3n) is 3.72. The molecule has 0 spiro atoms. The van der Waals surface area contributed by atoms with Crippen LogP contribution in [0.4, 0.5) is 5.69 Å². The number of rotatable bonds is 3. The largest absolute Gasteiger partial charge is 0.363 e. The van der Waals surface area contributed by atoms with Gasteiger partial charge in [0.05, 0.1) is 12.5 Å². The summed E-state index contributed by atoms with van der Waals surface area (Å²) in [4.78, 5) is 2.37. The van der Waals surface area contributed by atoms with Gasteiger partial charge in [0, 0.05) is 18.3 Å². The van der Waals surface area contributed by atoms with E-state index in [2.05, 4.69) is 59.5 Å². The SMILES string of the molecule is N#CCC1Cc2ccccc2N1Cc1ccccc1. The number of para-hydroxylation sites is 1. The Morgan fingerprint density at radius 2 is 1.79 bits per heavy atom. The highest BCUT2D eigenvalue weighted by Gasteiger charge is 2.28. The summed E-state index contributed by atoms with van der Waals surface area (Å²) in [6.45, 7) is 0.879. The summed E-state index contributed by atoms with van der Waals surface area (Å²) >= 11 is 0. The van der Waals surface area contributed by atoms with Crippen LogP contribution < -0.4 is 4.90 Å². The van der Waals surface area contributed by atoms with E-state index in [0.29, 0.717) is 12.5 Å². The van der Waals surface area contributed by atoms with Crippen LogP contribution in [0.25, 0.3) is 0 Å². The minimum atomic E-state index is 0.308. The summed E-state index contributed by atoms with van der Waals surface area (Å²) in [5, 5.41) is 9.01. The molecule has 2 heteroatoms. The minimum Gasteiger partial charge on any atom is -0.363 e. The van der Waals surface area contributed by atoms with Crippen LogP contribution in [0.3, 0.4) is 0 Å². The number of anilines is 1. The Labute approximate surface area is 113 Å². The Kier molecular flexibility index (Phi) is 3.20. The lowest BCUT2D eigenvalue weighted by Crippen LogP contribution is -2.31. The van der Waals surface area contributed by atoms with Crippen LogP contribution in [-0.4, -0.2) is 6.04 Å². The van der Waals surface area contributed by atoms with Crippen molar-refractivity contribution in [2.24, 2.45) is 0 Å². The monoisotopic (exact) mass is 248 g/mol. The van der Waals surface area contributed by atoms with Crippen molar-refractivity contribution in [3.05, 3.63) is 65.7 Å².